The van der Waals surface area contributed by atoms with Crippen molar-refractivity contribution in [1.29, 1.82) is 0 Å². The van der Waals surface area contributed by atoms with Crippen LogP contribution < -0.4 is 5.32 Å². The summed E-state index contributed by atoms with van der Waals surface area (Å²) in [5.74, 6) is 0.457. The van der Waals surface area contributed by atoms with E-state index in [1.54, 1.807) is 6.07 Å². The van der Waals surface area contributed by atoms with Crippen LogP contribution >= 0.6 is 27.3 Å². The number of aryl methyl sites for hydroxylation is 2. The number of thiophene rings is 1. The first-order valence-electron chi connectivity index (χ1n) is 5.07. The van der Waals surface area contributed by atoms with E-state index in [0.717, 1.165) is 15.0 Å². The molecule has 2 rings (SSSR count). The van der Waals surface area contributed by atoms with Crippen LogP contribution in [0.4, 0.5) is 5.82 Å². The zero-order chi connectivity index (χ0) is 12.4. The van der Waals surface area contributed by atoms with Crippen LogP contribution in [0.2, 0.25) is 0 Å². The Morgan fingerprint density at radius 3 is 2.76 bits per heavy atom. The van der Waals surface area contributed by atoms with E-state index in [1.165, 1.54) is 11.3 Å². The normalized spacial score (nSPS) is 10.3. The summed E-state index contributed by atoms with van der Waals surface area (Å²) in [4.78, 5) is 16.8. The number of rotatable bonds is 2. The van der Waals surface area contributed by atoms with Crippen LogP contribution in [0.15, 0.2) is 28.1 Å². The number of amides is 1. The Morgan fingerprint density at radius 2 is 2.18 bits per heavy atom. The highest BCUT2D eigenvalue weighted by molar-refractivity contribution is 9.11. The fourth-order valence-corrected chi connectivity index (χ4v) is 2.79. The Labute approximate surface area is 112 Å². The fraction of sp³-hybridized carbons (Fsp3) is 0.167. The number of pyridine rings is 1. The Hall–Kier alpha value is -1.20. The molecule has 3 nitrogen and oxygen atoms in total. The molecular weight excluding hydrogens is 300 g/mol. The molecule has 2 aromatic rings. The molecule has 0 unspecified atom stereocenters. The van der Waals surface area contributed by atoms with Crippen LogP contribution in [-0.4, -0.2) is 10.9 Å². The first-order valence-corrected chi connectivity index (χ1v) is 6.68. The Morgan fingerprint density at radius 1 is 1.41 bits per heavy atom. The summed E-state index contributed by atoms with van der Waals surface area (Å²) in [6.45, 7) is 3.85. The summed E-state index contributed by atoms with van der Waals surface area (Å²) in [7, 11) is 0. The van der Waals surface area contributed by atoms with Crippen molar-refractivity contribution in [3.63, 3.8) is 0 Å². The van der Waals surface area contributed by atoms with Gasteiger partial charge in [-0.05, 0) is 53.5 Å². The molecule has 2 aromatic heterocycles. The number of aromatic nitrogens is 1. The molecule has 0 bridgehead atoms. The van der Waals surface area contributed by atoms with Gasteiger partial charge in [0.1, 0.15) is 5.82 Å². The molecule has 0 spiro atoms. The minimum absolute atomic E-state index is 0.123. The summed E-state index contributed by atoms with van der Waals surface area (Å²) >= 11 is 4.83. The van der Waals surface area contributed by atoms with Crippen LogP contribution in [0.3, 0.4) is 0 Å². The lowest BCUT2D eigenvalue weighted by molar-refractivity contribution is 0.103. The second-order valence-corrected chi connectivity index (χ2v) is 6.06. The Bertz CT molecular complexity index is 546. The van der Waals surface area contributed by atoms with Gasteiger partial charge in [-0.25, -0.2) is 4.98 Å². The highest BCUT2D eigenvalue weighted by atomic mass is 79.9. The molecule has 0 aliphatic carbocycles. The predicted octanol–water partition coefficient (Wildman–Crippen LogP) is 3.77. The number of anilines is 1. The van der Waals surface area contributed by atoms with Gasteiger partial charge in [0.15, 0.2) is 0 Å². The molecule has 5 heteroatoms. The maximum Gasteiger partial charge on any atom is 0.266 e. The zero-order valence-corrected chi connectivity index (χ0v) is 11.9. The summed E-state index contributed by atoms with van der Waals surface area (Å²) in [5, 5.41) is 2.78. The largest absolute Gasteiger partial charge is 0.306 e. The zero-order valence-electron chi connectivity index (χ0n) is 9.45. The molecule has 0 saturated carbocycles. The molecule has 0 aliphatic rings. The summed E-state index contributed by atoms with van der Waals surface area (Å²) in [5.41, 5.74) is 1.95. The second-order valence-electron chi connectivity index (χ2n) is 3.69. The molecule has 17 heavy (non-hydrogen) atoms. The van der Waals surface area contributed by atoms with Gasteiger partial charge >= 0.3 is 0 Å². The smallest absolute Gasteiger partial charge is 0.266 e. The van der Waals surface area contributed by atoms with E-state index in [9.17, 15) is 4.79 Å². The van der Waals surface area contributed by atoms with E-state index in [-0.39, 0.29) is 5.91 Å². The van der Waals surface area contributed by atoms with Gasteiger partial charge in [0.2, 0.25) is 0 Å². The Kier molecular flexibility index (Phi) is 3.59. The summed E-state index contributed by atoms with van der Waals surface area (Å²) in [6.07, 6.45) is 0. The predicted molar refractivity (Wildman–Crippen MR) is 73.7 cm³/mol. The highest BCUT2D eigenvalue weighted by Gasteiger charge is 2.11. The molecular formula is C12H11BrN2OS. The molecule has 0 aromatic carbocycles. The highest BCUT2D eigenvalue weighted by Crippen LogP contribution is 2.27. The van der Waals surface area contributed by atoms with Gasteiger partial charge in [-0.15, -0.1) is 11.3 Å². The van der Waals surface area contributed by atoms with Crippen LogP contribution in [0, 0.1) is 13.8 Å². The molecule has 1 amide bonds. The molecule has 0 aliphatic heterocycles. The number of nitrogens with zero attached hydrogens (tertiary/aromatic N) is 1. The quantitative estimate of drug-likeness (QED) is 0.917. The number of nitrogens with one attached hydrogen (secondary N) is 1. The van der Waals surface area contributed by atoms with Crippen molar-refractivity contribution >= 4 is 39.0 Å². The number of hydrogen-bond acceptors (Lipinski definition) is 3. The van der Waals surface area contributed by atoms with Crippen molar-refractivity contribution in [1.82, 2.24) is 4.98 Å². The van der Waals surface area contributed by atoms with Crippen LogP contribution in [0.1, 0.15) is 20.9 Å². The average Bonchev–Trinajstić information content (AvgIpc) is 2.59. The average molecular weight is 311 g/mol. The number of halogens is 1. The van der Waals surface area contributed by atoms with E-state index >= 15 is 0 Å². The molecule has 0 atom stereocenters. The maximum absolute atomic E-state index is 11.9. The summed E-state index contributed by atoms with van der Waals surface area (Å²) in [6, 6.07) is 7.40. The minimum Gasteiger partial charge on any atom is -0.306 e. The minimum atomic E-state index is -0.123. The number of carbonyl (C=O) groups excluding carboxylic acids is 1. The first-order chi connectivity index (χ1) is 8.06. The SMILES string of the molecule is Cc1cccc(NC(=O)c2cc(C)c(Br)s2)n1. The molecule has 1 N–H and O–H groups in total. The van der Waals surface area contributed by atoms with Crippen LogP contribution in [-0.2, 0) is 0 Å². The van der Waals surface area contributed by atoms with E-state index in [0.29, 0.717) is 10.7 Å². The molecule has 0 fully saturated rings. The van der Waals surface area contributed by atoms with Gasteiger partial charge in [-0.2, -0.15) is 0 Å². The van der Waals surface area contributed by atoms with Crippen LogP contribution in [0.25, 0.3) is 0 Å². The molecule has 2 heterocycles. The number of carbonyl (C=O) groups is 1. The monoisotopic (exact) mass is 310 g/mol. The first kappa shape index (κ1) is 12.3. The van der Waals surface area contributed by atoms with E-state index in [1.807, 2.05) is 32.0 Å². The second kappa shape index (κ2) is 4.98. The Balaban J connectivity index is 2.17. The van der Waals surface area contributed by atoms with Crippen LogP contribution in [0.5, 0.6) is 0 Å². The van der Waals surface area contributed by atoms with Crippen molar-refractivity contribution in [2.75, 3.05) is 5.32 Å². The molecule has 88 valence electrons. The van der Waals surface area contributed by atoms with E-state index < -0.39 is 0 Å². The van der Waals surface area contributed by atoms with Crippen molar-refractivity contribution in [3.05, 3.63) is 44.2 Å². The topological polar surface area (TPSA) is 42.0 Å². The van der Waals surface area contributed by atoms with Gasteiger partial charge < -0.3 is 5.32 Å². The molecule has 0 radical (unpaired) electrons. The van der Waals surface area contributed by atoms with Crippen molar-refractivity contribution < 1.29 is 4.79 Å². The van der Waals surface area contributed by atoms with Gasteiger partial charge in [-0.1, -0.05) is 6.07 Å². The van der Waals surface area contributed by atoms with Crippen molar-refractivity contribution in [2.24, 2.45) is 0 Å². The fourth-order valence-electron chi connectivity index (χ4n) is 1.36. The van der Waals surface area contributed by atoms with Gasteiger partial charge in [-0.3, -0.25) is 4.79 Å². The lowest BCUT2D eigenvalue weighted by Crippen LogP contribution is -2.11. The van der Waals surface area contributed by atoms with E-state index in [2.05, 4.69) is 26.2 Å². The summed E-state index contributed by atoms with van der Waals surface area (Å²) < 4.78 is 0.986. The standard InChI is InChI=1S/C12H11BrN2OS/c1-7-6-9(17-11(7)13)12(16)15-10-5-3-4-8(2)14-10/h3-6H,1-2H3,(H,14,15,16). The number of hydrogen-bond donors (Lipinski definition) is 1. The lowest BCUT2D eigenvalue weighted by atomic mass is 10.3. The maximum atomic E-state index is 11.9. The third-order valence-corrected chi connectivity index (χ3v) is 4.35. The van der Waals surface area contributed by atoms with Crippen molar-refractivity contribution in [2.45, 2.75) is 13.8 Å². The lowest BCUT2D eigenvalue weighted by Gasteiger charge is -2.02. The third-order valence-electron chi connectivity index (χ3n) is 2.21. The molecule has 0 saturated heterocycles. The van der Waals surface area contributed by atoms with E-state index in [4.69, 9.17) is 0 Å². The van der Waals surface area contributed by atoms with Crippen molar-refractivity contribution in [3.8, 4) is 0 Å². The van der Waals surface area contributed by atoms with Gasteiger partial charge in [0, 0.05) is 5.69 Å². The van der Waals surface area contributed by atoms with Gasteiger partial charge in [0.25, 0.3) is 5.91 Å². The van der Waals surface area contributed by atoms with Gasteiger partial charge in [0.05, 0.1) is 8.66 Å². The third kappa shape index (κ3) is 2.92.